The number of carbonyl (C=O) groups is 1. The van der Waals surface area contributed by atoms with Gasteiger partial charge in [0.1, 0.15) is 10.8 Å². The average Bonchev–Trinajstić information content (AvgIpc) is 3.48. The minimum atomic E-state index is -0.192. The molecule has 2 aromatic heterocycles. The lowest BCUT2D eigenvalue weighted by atomic mass is 9.95. The van der Waals surface area contributed by atoms with Gasteiger partial charge in [-0.05, 0) is 87.1 Å². The summed E-state index contributed by atoms with van der Waals surface area (Å²) in [6.07, 6.45) is 6.86. The van der Waals surface area contributed by atoms with Crippen LogP contribution in [0.3, 0.4) is 0 Å². The molecule has 1 atom stereocenters. The lowest BCUT2D eigenvalue weighted by molar-refractivity contribution is 0.194. The Morgan fingerprint density at radius 2 is 1.81 bits per heavy atom. The van der Waals surface area contributed by atoms with Gasteiger partial charge < -0.3 is 19.5 Å². The number of amides is 2. The number of carbonyl (C=O) groups excluding carboxylic acids is 1. The Hall–Kier alpha value is -3.51. The molecule has 5 nitrogen and oxygen atoms in total. The monoisotopic (exact) mass is 497 g/mol. The smallest absolute Gasteiger partial charge is 0.322 e. The van der Waals surface area contributed by atoms with Crippen LogP contribution >= 0.6 is 11.3 Å². The predicted molar refractivity (Wildman–Crippen MR) is 145 cm³/mol. The molecule has 0 unspecified atom stereocenters. The molecule has 2 aromatic carbocycles. The summed E-state index contributed by atoms with van der Waals surface area (Å²) in [7, 11) is 0. The van der Waals surface area contributed by atoms with Crippen molar-refractivity contribution in [3.05, 3.63) is 99.7 Å². The van der Waals surface area contributed by atoms with Crippen molar-refractivity contribution in [1.82, 2.24) is 9.47 Å². The number of anilines is 1. The zero-order valence-electron chi connectivity index (χ0n) is 20.8. The number of nitrogens with one attached hydrogen (secondary N) is 1. The molecule has 1 aliphatic carbocycles. The van der Waals surface area contributed by atoms with E-state index in [1.165, 1.54) is 39.4 Å². The van der Waals surface area contributed by atoms with Gasteiger partial charge in [0.2, 0.25) is 0 Å². The fourth-order valence-electron chi connectivity index (χ4n) is 5.48. The van der Waals surface area contributed by atoms with Crippen LogP contribution in [0.5, 0.6) is 5.75 Å². The summed E-state index contributed by atoms with van der Waals surface area (Å²) in [4.78, 5) is 17.5. The number of urea groups is 1. The zero-order valence-corrected chi connectivity index (χ0v) is 21.6. The Morgan fingerprint density at radius 1 is 1.03 bits per heavy atom. The highest BCUT2D eigenvalue weighted by atomic mass is 32.1. The Morgan fingerprint density at radius 3 is 2.58 bits per heavy atom. The largest absolute Gasteiger partial charge is 0.494 e. The summed E-state index contributed by atoms with van der Waals surface area (Å²) >= 11 is 1.91. The van der Waals surface area contributed by atoms with Crippen molar-refractivity contribution in [2.24, 2.45) is 0 Å². The van der Waals surface area contributed by atoms with Crippen molar-refractivity contribution in [2.75, 3.05) is 11.9 Å². The molecule has 6 rings (SSSR count). The number of aryl methyl sites for hydroxylation is 2. The third-order valence-electron chi connectivity index (χ3n) is 7.25. The van der Waals surface area contributed by atoms with Gasteiger partial charge >= 0.3 is 6.03 Å². The Kier molecular flexibility index (Phi) is 6.05. The molecule has 1 aliphatic heterocycles. The van der Waals surface area contributed by atoms with E-state index in [4.69, 9.17) is 4.74 Å². The Bertz CT molecular complexity index is 1380. The SMILES string of the molecule is CCOc1ccc(NC(=O)N2Cc3c(sc4c3CCCC4)-n3cccc3[C@H]2c2ccc(C)cc2)cc1. The lowest BCUT2D eigenvalue weighted by Crippen LogP contribution is -2.38. The highest BCUT2D eigenvalue weighted by Gasteiger charge is 2.36. The van der Waals surface area contributed by atoms with Crippen LogP contribution in [-0.4, -0.2) is 22.1 Å². The number of benzene rings is 2. The summed E-state index contributed by atoms with van der Waals surface area (Å²) in [5, 5.41) is 4.45. The molecule has 0 saturated heterocycles. The van der Waals surface area contributed by atoms with Gasteiger partial charge in [-0.25, -0.2) is 4.79 Å². The normalized spacial score (nSPS) is 16.5. The van der Waals surface area contributed by atoms with Crippen molar-refractivity contribution in [3.63, 3.8) is 0 Å². The van der Waals surface area contributed by atoms with Crippen LogP contribution in [0.4, 0.5) is 10.5 Å². The van der Waals surface area contributed by atoms with Crippen LogP contribution in [0.15, 0.2) is 66.9 Å². The average molecular weight is 498 g/mol. The molecule has 0 saturated carbocycles. The molecule has 36 heavy (non-hydrogen) atoms. The third kappa shape index (κ3) is 4.09. The van der Waals surface area contributed by atoms with E-state index >= 15 is 0 Å². The number of rotatable bonds is 4. The number of thiophene rings is 1. The molecule has 2 aliphatic rings. The van der Waals surface area contributed by atoms with Gasteiger partial charge in [0.25, 0.3) is 0 Å². The van der Waals surface area contributed by atoms with Crippen molar-refractivity contribution in [3.8, 4) is 10.8 Å². The maximum atomic E-state index is 14.0. The lowest BCUT2D eigenvalue weighted by Gasteiger charge is -2.31. The van der Waals surface area contributed by atoms with Crippen LogP contribution in [-0.2, 0) is 19.4 Å². The molecule has 4 aromatic rings. The van der Waals surface area contributed by atoms with Gasteiger partial charge in [-0.3, -0.25) is 0 Å². The third-order valence-corrected chi connectivity index (χ3v) is 8.58. The van der Waals surface area contributed by atoms with Crippen molar-refractivity contribution in [1.29, 1.82) is 0 Å². The summed E-state index contributed by atoms with van der Waals surface area (Å²) in [6, 6.07) is 20.2. The van der Waals surface area contributed by atoms with Crippen LogP contribution in [0, 0.1) is 6.92 Å². The first-order valence-corrected chi connectivity index (χ1v) is 13.6. The molecular formula is C30H31N3O2S. The molecule has 1 N–H and O–H groups in total. The van der Waals surface area contributed by atoms with E-state index in [2.05, 4.69) is 59.4 Å². The van der Waals surface area contributed by atoms with Gasteiger partial charge in [-0.2, -0.15) is 0 Å². The molecule has 0 fully saturated rings. The molecule has 0 radical (unpaired) electrons. The zero-order chi connectivity index (χ0) is 24.6. The summed E-state index contributed by atoms with van der Waals surface area (Å²) < 4.78 is 7.90. The fraction of sp³-hybridized carbons (Fsp3) is 0.300. The second kappa shape index (κ2) is 9.51. The Labute approximate surface area is 216 Å². The van der Waals surface area contributed by atoms with E-state index in [1.54, 1.807) is 0 Å². The molecular weight excluding hydrogens is 466 g/mol. The van der Waals surface area contributed by atoms with Crippen molar-refractivity contribution < 1.29 is 9.53 Å². The van der Waals surface area contributed by atoms with Crippen molar-refractivity contribution >= 4 is 23.1 Å². The van der Waals surface area contributed by atoms with Gasteiger partial charge in [0, 0.05) is 22.3 Å². The first-order chi connectivity index (χ1) is 17.6. The van der Waals surface area contributed by atoms with E-state index < -0.39 is 0 Å². The summed E-state index contributed by atoms with van der Waals surface area (Å²) in [6.45, 7) is 5.27. The van der Waals surface area contributed by atoms with Crippen LogP contribution in [0.25, 0.3) is 5.00 Å². The van der Waals surface area contributed by atoms with E-state index in [1.807, 2.05) is 47.4 Å². The number of nitrogens with zero attached hydrogens (tertiary/aromatic N) is 2. The number of hydrogen-bond acceptors (Lipinski definition) is 3. The topological polar surface area (TPSA) is 46.5 Å². The quantitative estimate of drug-likeness (QED) is 0.322. The summed E-state index contributed by atoms with van der Waals surface area (Å²) in [5.74, 6) is 0.801. The standard InChI is InChI=1S/C30H31N3O2S/c1-3-35-23-16-14-22(15-17-23)31-30(34)33-19-25-24-7-4-5-9-27(24)36-29(25)32-18-6-8-26(32)28(33)21-12-10-20(2)11-13-21/h6,8,10-18,28H,3-5,7,9,19H2,1-2H3,(H,31,34)/t28-/m1/s1. The van der Waals surface area contributed by atoms with E-state index in [0.29, 0.717) is 13.2 Å². The molecule has 6 heteroatoms. The Balaban J connectivity index is 1.43. The number of aromatic nitrogens is 1. The van der Waals surface area contributed by atoms with Crippen LogP contribution in [0.1, 0.15) is 58.6 Å². The number of hydrogen-bond donors (Lipinski definition) is 1. The minimum Gasteiger partial charge on any atom is -0.494 e. The van der Waals surface area contributed by atoms with Gasteiger partial charge in [0.05, 0.1) is 24.9 Å². The highest BCUT2D eigenvalue weighted by Crippen LogP contribution is 2.44. The first kappa shape index (κ1) is 22.9. The van der Waals surface area contributed by atoms with Gasteiger partial charge in [-0.15, -0.1) is 11.3 Å². The van der Waals surface area contributed by atoms with Crippen LogP contribution < -0.4 is 10.1 Å². The fourth-order valence-corrected chi connectivity index (χ4v) is 6.89. The second-order valence-electron chi connectivity index (χ2n) is 9.63. The molecule has 184 valence electrons. The maximum absolute atomic E-state index is 14.0. The first-order valence-electron chi connectivity index (χ1n) is 12.8. The number of fused-ring (bicyclic) bond motifs is 5. The molecule has 2 amide bonds. The molecule has 0 bridgehead atoms. The van der Waals surface area contributed by atoms with Gasteiger partial charge in [0.15, 0.2) is 0 Å². The summed E-state index contributed by atoms with van der Waals surface area (Å²) in [5.41, 5.74) is 6.98. The van der Waals surface area contributed by atoms with Gasteiger partial charge in [-0.1, -0.05) is 29.8 Å². The van der Waals surface area contributed by atoms with E-state index in [9.17, 15) is 4.79 Å². The van der Waals surface area contributed by atoms with E-state index in [0.717, 1.165) is 35.5 Å². The second-order valence-corrected chi connectivity index (χ2v) is 10.7. The highest BCUT2D eigenvalue weighted by molar-refractivity contribution is 7.15. The minimum absolute atomic E-state index is 0.0962. The molecule has 0 spiro atoms. The molecule has 3 heterocycles. The predicted octanol–water partition coefficient (Wildman–Crippen LogP) is 7.26. The van der Waals surface area contributed by atoms with Crippen molar-refractivity contribution in [2.45, 2.75) is 52.1 Å². The van der Waals surface area contributed by atoms with E-state index in [-0.39, 0.29) is 12.1 Å². The maximum Gasteiger partial charge on any atom is 0.322 e. The van der Waals surface area contributed by atoms with Crippen LogP contribution in [0.2, 0.25) is 0 Å². The number of ether oxygens (including phenoxy) is 1.